The fourth-order valence-electron chi connectivity index (χ4n) is 2.84. The Morgan fingerprint density at radius 2 is 1.82 bits per heavy atom. The average Bonchev–Trinajstić information content (AvgIpc) is 3.45. The first-order valence-electron chi connectivity index (χ1n) is 8.68. The van der Waals surface area contributed by atoms with Gasteiger partial charge in [-0.3, -0.25) is 14.5 Å². The van der Waals surface area contributed by atoms with Crippen LogP contribution in [0.15, 0.2) is 47.2 Å². The summed E-state index contributed by atoms with van der Waals surface area (Å²) in [6.07, 6.45) is 0.544. The summed E-state index contributed by atoms with van der Waals surface area (Å²) in [6.45, 7) is 0.344. The van der Waals surface area contributed by atoms with Gasteiger partial charge >= 0.3 is 5.97 Å². The number of hydrogen-bond donors (Lipinski definition) is 0. The van der Waals surface area contributed by atoms with Gasteiger partial charge in [-0.2, -0.15) is 0 Å². The molecule has 2 aromatic heterocycles. The van der Waals surface area contributed by atoms with E-state index in [9.17, 15) is 14.4 Å². The molecule has 0 bridgehead atoms. The first kappa shape index (κ1) is 18.5. The van der Waals surface area contributed by atoms with Gasteiger partial charge in [0.15, 0.2) is 0 Å². The largest absolute Gasteiger partial charge is 0.456 e. The Bertz CT molecular complexity index is 993. The van der Waals surface area contributed by atoms with Gasteiger partial charge in [0.25, 0.3) is 0 Å². The molecule has 28 heavy (non-hydrogen) atoms. The SMILES string of the molecule is O=C(OCc1csc(-c2cccs2)n1)c1ccc(CN2C(=O)CCC2=O)cc1. The fourth-order valence-corrected chi connectivity index (χ4v) is 4.46. The van der Waals surface area contributed by atoms with E-state index in [4.69, 9.17) is 4.74 Å². The molecule has 1 aromatic carbocycles. The lowest BCUT2D eigenvalue weighted by molar-refractivity contribution is -0.139. The number of rotatable bonds is 6. The summed E-state index contributed by atoms with van der Waals surface area (Å²) >= 11 is 3.14. The molecule has 142 valence electrons. The van der Waals surface area contributed by atoms with Gasteiger partial charge in [0, 0.05) is 18.2 Å². The van der Waals surface area contributed by atoms with Crippen molar-refractivity contribution in [3.63, 3.8) is 0 Å². The molecular formula is C20H16N2O4S2. The second-order valence-corrected chi connectivity index (χ2v) is 8.07. The van der Waals surface area contributed by atoms with E-state index in [-0.39, 0.29) is 37.8 Å². The third kappa shape index (κ3) is 4.02. The second kappa shape index (κ2) is 8.04. The highest BCUT2D eigenvalue weighted by Crippen LogP contribution is 2.28. The van der Waals surface area contributed by atoms with Crippen molar-refractivity contribution in [2.24, 2.45) is 0 Å². The monoisotopic (exact) mass is 412 g/mol. The lowest BCUT2D eigenvalue weighted by atomic mass is 10.1. The molecule has 1 saturated heterocycles. The van der Waals surface area contributed by atoms with Gasteiger partial charge in [-0.05, 0) is 29.1 Å². The Labute approximate surface area is 169 Å². The number of aromatic nitrogens is 1. The molecule has 6 nitrogen and oxygen atoms in total. The van der Waals surface area contributed by atoms with Crippen LogP contribution in [-0.4, -0.2) is 27.7 Å². The van der Waals surface area contributed by atoms with Crippen LogP contribution in [0.3, 0.4) is 0 Å². The molecular weight excluding hydrogens is 396 g/mol. The van der Waals surface area contributed by atoms with Crippen LogP contribution in [0.2, 0.25) is 0 Å². The molecule has 3 heterocycles. The molecule has 0 atom stereocenters. The third-order valence-corrected chi connectivity index (χ3v) is 6.25. The lowest BCUT2D eigenvalue weighted by Gasteiger charge is -2.13. The van der Waals surface area contributed by atoms with Gasteiger partial charge in [0.05, 0.1) is 22.7 Å². The molecule has 1 aliphatic heterocycles. The number of esters is 1. The molecule has 2 amide bonds. The number of thiazole rings is 1. The predicted octanol–water partition coefficient (Wildman–Crippen LogP) is 3.88. The van der Waals surface area contributed by atoms with E-state index < -0.39 is 5.97 Å². The number of ether oxygens (including phenoxy) is 1. The number of carbonyl (C=O) groups is 3. The van der Waals surface area contributed by atoms with Gasteiger partial charge in [-0.1, -0.05) is 18.2 Å². The van der Waals surface area contributed by atoms with E-state index in [0.717, 1.165) is 15.4 Å². The summed E-state index contributed by atoms with van der Waals surface area (Å²) in [5.41, 5.74) is 1.92. The zero-order chi connectivity index (χ0) is 19.5. The molecule has 8 heteroatoms. The first-order chi connectivity index (χ1) is 13.6. The van der Waals surface area contributed by atoms with E-state index >= 15 is 0 Å². The van der Waals surface area contributed by atoms with Crippen LogP contribution in [-0.2, 0) is 27.5 Å². The maximum Gasteiger partial charge on any atom is 0.338 e. The molecule has 0 aliphatic carbocycles. The molecule has 1 fully saturated rings. The summed E-state index contributed by atoms with van der Waals surface area (Å²) < 4.78 is 5.34. The highest BCUT2D eigenvalue weighted by Gasteiger charge is 2.28. The van der Waals surface area contributed by atoms with E-state index in [0.29, 0.717) is 11.3 Å². The van der Waals surface area contributed by atoms with Gasteiger partial charge < -0.3 is 4.74 Å². The second-order valence-electron chi connectivity index (χ2n) is 6.27. The highest BCUT2D eigenvalue weighted by atomic mass is 32.1. The van der Waals surface area contributed by atoms with Gasteiger partial charge in [-0.25, -0.2) is 9.78 Å². The molecule has 0 spiro atoms. The Hall–Kier alpha value is -2.84. The van der Waals surface area contributed by atoms with Crippen LogP contribution in [0.25, 0.3) is 9.88 Å². The number of hydrogen-bond acceptors (Lipinski definition) is 7. The number of thiophene rings is 1. The van der Waals surface area contributed by atoms with Crippen molar-refractivity contribution in [3.8, 4) is 9.88 Å². The maximum atomic E-state index is 12.3. The summed E-state index contributed by atoms with van der Waals surface area (Å²) in [7, 11) is 0. The molecule has 1 aliphatic rings. The van der Waals surface area contributed by atoms with Crippen LogP contribution in [0.1, 0.15) is 34.5 Å². The van der Waals surface area contributed by atoms with Gasteiger partial charge in [-0.15, -0.1) is 22.7 Å². The van der Waals surface area contributed by atoms with Crippen LogP contribution in [0.4, 0.5) is 0 Å². The molecule has 4 rings (SSSR count). The third-order valence-electron chi connectivity index (χ3n) is 4.32. The van der Waals surface area contributed by atoms with Crippen molar-refractivity contribution in [3.05, 3.63) is 64.0 Å². The minimum Gasteiger partial charge on any atom is -0.456 e. The Balaban J connectivity index is 1.33. The van der Waals surface area contributed by atoms with Crippen LogP contribution in [0, 0.1) is 0 Å². The van der Waals surface area contributed by atoms with Crippen molar-refractivity contribution in [2.75, 3.05) is 0 Å². The smallest absolute Gasteiger partial charge is 0.338 e. The van der Waals surface area contributed by atoms with Crippen molar-refractivity contribution >= 4 is 40.5 Å². The summed E-state index contributed by atoms with van der Waals surface area (Å²) in [4.78, 5) is 42.5. The quantitative estimate of drug-likeness (QED) is 0.454. The summed E-state index contributed by atoms with van der Waals surface area (Å²) in [5.74, 6) is -0.747. The Morgan fingerprint density at radius 1 is 1.07 bits per heavy atom. The molecule has 0 saturated carbocycles. The van der Waals surface area contributed by atoms with E-state index in [1.807, 2.05) is 22.9 Å². The van der Waals surface area contributed by atoms with E-state index in [1.54, 1.807) is 35.6 Å². The number of imide groups is 1. The fraction of sp³-hybridized carbons (Fsp3) is 0.200. The summed E-state index contributed by atoms with van der Waals surface area (Å²) in [5, 5.41) is 4.79. The van der Waals surface area contributed by atoms with Crippen molar-refractivity contribution in [1.82, 2.24) is 9.88 Å². The van der Waals surface area contributed by atoms with E-state index in [2.05, 4.69) is 4.98 Å². The first-order valence-corrected chi connectivity index (χ1v) is 10.4. The molecule has 3 aromatic rings. The van der Waals surface area contributed by atoms with Crippen LogP contribution < -0.4 is 0 Å². The highest BCUT2D eigenvalue weighted by molar-refractivity contribution is 7.20. The Kier molecular flexibility index (Phi) is 5.31. The van der Waals surface area contributed by atoms with Crippen LogP contribution >= 0.6 is 22.7 Å². The lowest BCUT2D eigenvalue weighted by Crippen LogP contribution is -2.28. The van der Waals surface area contributed by atoms with Crippen molar-refractivity contribution < 1.29 is 19.1 Å². The number of benzene rings is 1. The van der Waals surface area contributed by atoms with Gasteiger partial charge in [0.1, 0.15) is 11.6 Å². The number of likely N-dealkylation sites (tertiary alicyclic amines) is 1. The molecule has 0 N–H and O–H groups in total. The van der Waals surface area contributed by atoms with Crippen molar-refractivity contribution in [1.29, 1.82) is 0 Å². The predicted molar refractivity (Wildman–Crippen MR) is 106 cm³/mol. The normalized spacial score (nSPS) is 13.9. The average molecular weight is 412 g/mol. The molecule has 0 radical (unpaired) electrons. The maximum absolute atomic E-state index is 12.3. The summed E-state index contributed by atoms with van der Waals surface area (Å²) in [6, 6.07) is 10.7. The number of carbonyl (C=O) groups excluding carboxylic acids is 3. The van der Waals surface area contributed by atoms with Gasteiger partial charge in [0.2, 0.25) is 11.8 Å². The van der Waals surface area contributed by atoms with Crippen LogP contribution in [0.5, 0.6) is 0 Å². The zero-order valence-electron chi connectivity index (χ0n) is 14.8. The number of amides is 2. The van der Waals surface area contributed by atoms with Crippen molar-refractivity contribution in [2.45, 2.75) is 26.0 Å². The molecule has 0 unspecified atom stereocenters. The van der Waals surface area contributed by atoms with E-state index in [1.165, 1.54) is 16.2 Å². The minimum absolute atomic E-state index is 0.110. The standard InChI is InChI=1S/C20H16N2O4S2/c23-17-7-8-18(24)22(17)10-13-3-5-14(6-4-13)20(25)26-11-15-12-28-19(21-15)16-2-1-9-27-16/h1-6,9,12H,7-8,10-11H2. The number of nitrogens with zero attached hydrogens (tertiary/aromatic N) is 2. The minimum atomic E-state index is -0.439. The Morgan fingerprint density at radius 3 is 2.50 bits per heavy atom. The zero-order valence-corrected chi connectivity index (χ0v) is 16.4. The topological polar surface area (TPSA) is 76.6 Å².